The molecule has 4 atom stereocenters. The van der Waals surface area contributed by atoms with Gasteiger partial charge in [-0.3, -0.25) is 0 Å². The van der Waals surface area contributed by atoms with Gasteiger partial charge >= 0.3 is 6.03 Å². The summed E-state index contributed by atoms with van der Waals surface area (Å²) in [5.41, 5.74) is 7.22. The number of carbonyl (C=O) groups is 1. The van der Waals surface area contributed by atoms with Crippen LogP contribution in [0.4, 0.5) is 9.18 Å². The molecule has 3 aliphatic carbocycles. The van der Waals surface area contributed by atoms with Crippen molar-refractivity contribution in [2.45, 2.75) is 96.2 Å². The average molecular weight is 543 g/mol. The molecule has 1 aromatic heterocycles. The Hall–Kier alpha value is -3.41. The lowest BCUT2D eigenvalue weighted by Gasteiger charge is -2.47. The van der Waals surface area contributed by atoms with Crippen LogP contribution >= 0.6 is 0 Å². The zero-order chi connectivity index (χ0) is 28.0. The second-order valence-corrected chi connectivity index (χ2v) is 12.2. The molecule has 2 unspecified atom stereocenters. The number of nitrogens with zero attached hydrogens (tertiary/aromatic N) is 3. The summed E-state index contributed by atoms with van der Waals surface area (Å²) in [7, 11) is 0. The number of fused-ring (bicyclic) bond motifs is 2. The van der Waals surface area contributed by atoms with Gasteiger partial charge in [0.25, 0.3) is 0 Å². The van der Waals surface area contributed by atoms with Crippen LogP contribution in [-0.4, -0.2) is 32.8 Å². The number of carbonyl (C=O) groups excluding carboxylic acids is 1. The minimum Gasteiger partial charge on any atom is -0.331 e. The van der Waals surface area contributed by atoms with Crippen molar-refractivity contribution in [1.82, 2.24) is 20.0 Å². The number of rotatable bonds is 7. The van der Waals surface area contributed by atoms with E-state index in [4.69, 9.17) is 5.10 Å². The number of aromatic nitrogens is 2. The van der Waals surface area contributed by atoms with Crippen molar-refractivity contribution in [1.29, 1.82) is 0 Å². The van der Waals surface area contributed by atoms with Gasteiger partial charge in [0, 0.05) is 18.9 Å². The number of nitrogens with one attached hydrogen (secondary N) is 1. The minimum atomic E-state index is -0.242. The highest BCUT2D eigenvalue weighted by atomic mass is 19.1. The Morgan fingerprint density at radius 3 is 2.70 bits per heavy atom. The van der Waals surface area contributed by atoms with Gasteiger partial charge in [-0.1, -0.05) is 50.1 Å². The second kappa shape index (κ2) is 10.5. The first-order valence-corrected chi connectivity index (χ1v) is 15.1. The summed E-state index contributed by atoms with van der Waals surface area (Å²) < 4.78 is 15.5. The molecule has 1 spiro atoms. The first kappa shape index (κ1) is 26.8. The van der Waals surface area contributed by atoms with Gasteiger partial charge in [-0.25, -0.2) is 13.9 Å². The van der Waals surface area contributed by atoms with E-state index in [2.05, 4.69) is 68.3 Å². The number of urea groups is 1. The standard InChI is InChI=1S/C34H41FN4O.H2/c1-5-9-27(6-2)38(22(3)4)33(40)37-31-18-24-12-13-25-19-32-23(20-34(24,25)30-11-8-7-10-29(30)31)21-36-39(32)28-16-14-26(35)15-17-28;/h7-8,10-11,14-17,19,21-22,24,27,31H,5-6,9,12-13,18,20H2,1-4H3,(H,37,40);1H/t24-,27?,31?,34+;/m1./s1. The highest BCUT2D eigenvalue weighted by Gasteiger charge is 2.54. The Kier molecular flexibility index (Phi) is 7.05. The summed E-state index contributed by atoms with van der Waals surface area (Å²) in [5, 5.41) is 8.24. The van der Waals surface area contributed by atoms with Crippen molar-refractivity contribution in [2.75, 3.05) is 0 Å². The van der Waals surface area contributed by atoms with Gasteiger partial charge in [-0.05, 0) is 105 Å². The maximum absolute atomic E-state index is 13.8. The van der Waals surface area contributed by atoms with Crippen LogP contribution in [0.2, 0.25) is 0 Å². The minimum absolute atomic E-state index is 0. The van der Waals surface area contributed by atoms with Gasteiger partial charge in [0.15, 0.2) is 0 Å². The summed E-state index contributed by atoms with van der Waals surface area (Å²) in [6, 6.07) is 15.8. The smallest absolute Gasteiger partial charge is 0.318 e. The van der Waals surface area contributed by atoms with Gasteiger partial charge in [0.1, 0.15) is 5.82 Å². The molecule has 0 bridgehead atoms. The normalized spacial score (nSPS) is 23.5. The van der Waals surface area contributed by atoms with E-state index in [-0.39, 0.29) is 36.8 Å². The summed E-state index contributed by atoms with van der Waals surface area (Å²) >= 11 is 0. The van der Waals surface area contributed by atoms with Gasteiger partial charge in [0.2, 0.25) is 0 Å². The largest absolute Gasteiger partial charge is 0.331 e. The summed E-state index contributed by atoms with van der Waals surface area (Å²) in [6.45, 7) is 8.63. The summed E-state index contributed by atoms with van der Waals surface area (Å²) in [6.07, 6.45) is 11.4. The maximum atomic E-state index is 13.8. The molecule has 212 valence electrons. The van der Waals surface area contributed by atoms with Crippen molar-refractivity contribution in [3.8, 4) is 5.69 Å². The summed E-state index contributed by atoms with van der Waals surface area (Å²) in [5.74, 6) is 0.208. The zero-order valence-electron chi connectivity index (χ0n) is 24.2. The van der Waals surface area contributed by atoms with Crippen molar-refractivity contribution < 1.29 is 10.6 Å². The lowest BCUT2D eigenvalue weighted by Crippen LogP contribution is -2.52. The van der Waals surface area contributed by atoms with E-state index >= 15 is 0 Å². The Labute approximate surface area is 239 Å². The van der Waals surface area contributed by atoms with Gasteiger partial charge < -0.3 is 10.2 Å². The molecule has 1 saturated carbocycles. The van der Waals surface area contributed by atoms with E-state index in [0.717, 1.165) is 56.3 Å². The van der Waals surface area contributed by atoms with E-state index in [0.29, 0.717) is 5.92 Å². The van der Waals surface area contributed by atoms with Crippen LogP contribution in [-0.2, 0) is 11.8 Å². The Bertz CT molecular complexity index is 1430. The third-order valence-corrected chi connectivity index (χ3v) is 9.68. The van der Waals surface area contributed by atoms with Crippen LogP contribution in [0, 0.1) is 11.7 Å². The molecular formula is C34H43FN4O. The number of benzene rings is 2. The Morgan fingerprint density at radius 1 is 1.20 bits per heavy atom. The SMILES string of the molecule is CCCC(CC)N(C(=O)NC1C[C@H]2CCC3=Cc4c(cnn4-c4ccc(F)cc4)C[C@@]32c2ccccc21)C(C)C.[HH]. The average Bonchev–Trinajstić information content (AvgIpc) is 3.53. The van der Waals surface area contributed by atoms with Crippen LogP contribution in [0.15, 0.2) is 60.3 Å². The van der Waals surface area contributed by atoms with E-state index in [1.54, 1.807) is 12.1 Å². The quantitative estimate of drug-likeness (QED) is 0.329. The predicted molar refractivity (Wildman–Crippen MR) is 160 cm³/mol. The van der Waals surface area contributed by atoms with Crippen LogP contribution < -0.4 is 5.32 Å². The van der Waals surface area contributed by atoms with Crippen molar-refractivity contribution in [2.24, 2.45) is 5.92 Å². The van der Waals surface area contributed by atoms with E-state index < -0.39 is 0 Å². The maximum Gasteiger partial charge on any atom is 0.318 e. The number of amides is 2. The molecule has 0 saturated heterocycles. The zero-order valence-corrected chi connectivity index (χ0v) is 24.2. The van der Waals surface area contributed by atoms with Gasteiger partial charge in [-0.15, -0.1) is 0 Å². The molecular weight excluding hydrogens is 499 g/mol. The molecule has 3 aliphatic rings. The van der Waals surface area contributed by atoms with E-state index in [1.165, 1.54) is 34.4 Å². The van der Waals surface area contributed by atoms with Crippen LogP contribution in [0.5, 0.6) is 0 Å². The number of halogens is 1. The molecule has 3 aromatic rings. The summed E-state index contributed by atoms with van der Waals surface area (Å²) in [4.78, 5) is 15.9. The van der Waals surface area contributed by atoms with Gasteiger partial charge in [0.05, 0.1) is 23.6 Å². The van der Waals surface area contributed by atoms with Crippen LogP contribution in [0.3, 0.4) is 0 Å². The molecule has 1 N–H and O–H groups in total. The van der Waals surface area contributed by atoms with E-state index in [9.17, 15) is 9.18 Å². The van der Waals surface area contributed by atoms with E-state index in [1.807, 2.05) is 10.9 Å². The molecule has 1 fully saturated rings. The lowest BCUT2D eigenvalue weighted by atomic mass is 9.58. The molecule has 0 aliphatic heterocycles. The molecule has 1 heterocycles. The molecule has 6 rings (SSSR count). The molecule has 40 heavy (non-hydrogen) atoms. The Morgan fingerprint density at radius 2 is 1.98 bits per heavy atom. The second-order valence-electron chi connectivity index (χ2n) is 12.2. The highest BCUT2D eigenvalue weighted by Crippen LogP contribution is 2.60. The number of allylic oxidation sites excluding steroid dienone is 1. The lowest BCUT2D eigenvalue weighted by molar-refractivity contribution is 0.139. The topological polar surface area (TPSA) is 50.2 Å². The fourth-order valence-electron chi connectivity index (χ4n) is 7.94. The third kappa shape index (κ3) is 4.27. The van der Waals surface area contributed by atoms with Crippen LogP contribution in [0.1, 0.15) is 96.1 Å². The molecule has 2 aromatic carbocycles. The van der Waals surface area contributed by atoms with Crippen molar-refractivity contribution in [3.63, 3.8) is 0 Å². The molecule has 6 heteroatoms. The molecule has 2 amide bonds. The first-order chi connectivity index (χ1) is 19.4. The molecule has 5 nitrogen and oxygen atoms in total. The Balaban J connectivity index is 0.00000337. The third-order valence-electron chi connectivity index (χ3n) is 9.68. The fourth-order valence-corrected chi connectivity index (χ4v) is 7.94. The van der Waals surface area contributed by atoms with Crippen LogP contribution in [0.25, 0.3) is 11.8 Å². The monoisotopic (exact) mass is 542 g/mol. The van der Waals surface area contributed by atoms with Gasteiger partial charge in [-0.2, -0.15) is 5.10 Å². The highest BCUT2D eigenvalue weighted by molar-refractivity contribution is 5.76. The fraction of sp³-hybridized carbons (Fsp3) is 0.471. The molecule has 0 radical (unpaired) electrons. The number of hydrogen-bond acceptors (Lipinski definition) is 2. The van der Waals surface area contributed by atoms with Crippen molar-refractivity contribution >= 4 is 12.1 Å². The number of hydrogen-bond donors (Lipinski definition) is 1. The predicted octanol–water partition coefficient (Wildman–Crippen LogP) is 7.99. The first-order valence-electron chi connectivity index (χ1n) is 15.1. The van der Waals surface area contributed by atoms with Crippen molar-refractivity contribution in [3.05, 3.63) is 88.5 Å².